The minimum Gasteiger partial charge on any atom is -0.504 e. The normalized spacial score (nSPS) is 10.8. The van der Waals surface area contributed by atoms with Crippen LogP contribution in [-0.4, -0.2) is 102 Å². The number of hydrogen-bond donors (Lipinski definition) is 20. The van der Waals surface area contributed by atoms with E-state index in [-0.39, 0.29) is 137 Å². The number of rotatable bonds is 7. The fourth-order valence-electron chi connectivity index (χ4n) is 12.7. The van der Waals surface area contributed by atoms with Gasteiger partial charge in [-0.1, -0.05) is 206 Å². The maximum atomic E-state index is 10.6. The molecule has 20 nitrogen and oxygen atoms in total. The molecule has 108 heavy (non-hydrogen) atoms. The third-order valence-corrected chi connectivity index (χ3v) is 17.9. The number of phenols is 20. The summed E-state index contributed by atoms with van der Waals surface area (Å²) < 4.78 is 0. The van der Waals surface area contributed by atoms with Crippen molar-refractivity contribution in [2.75, 3.05) is 0 Å². The van der Waals surface area contributed by atoms with Gasteiger partial charge in [0, 0.05) is 55.6 Å². The van der Waals surface area contributed by atoms with E-state index in [0.717, 1.165) is 43.4 Å². The Labute approximate surface area is 614 Å². The van der Waals surface area contributed by atoms with Crippen LogP contribution in [0.3, 0.4) is 0 Å². The molecule has 20 heteroatoms. The van der Waals surface area contributed by atoms with Gasteiger partial charge >= 0.3 is 0 Å². The highest BCUT2D eigenvalue weighted by molar-refractivity contribution is 6.22. The van der Waals surface area contributed by atoms with Crippen molar-refractivity contribution in [3.8, 4) is 193 Å². The number of phenolic OH excluding ortho intramolecular Hbond substituents is 20. The van der Waals surface area contributed by atoms with E-state index in [0.29, 0.717) is 55.3 Å². The minimum absolute atomic E-state index is 0.180. The van der Waals surface area contributed by atoms with Crippen molar-refractivity contribution in [3.05, 3.63) is 279 Å². The minimum atomic E-state index is -0.334. The Balaban J connectivity index is 0.000000129. The van der Waals surface area contributed by atoms with E-state index < -0.39 is 0 Å². The molecule has 20 N–H and O–H groups in total. The predicted octanol–water partition coefficient (Wildman–Crippen LogP) is 18.8. The van der Waals surface area contributed by atoms with Crippen molar-refractivity contribution >= 4 is 43.1 Å². The Morgan fingerprint density at radius 1 is 0.130 bits per heavy atom. The van der Waals surface area contributed by atoms with E-state index in [1.807, 2.05) is 72.8 Å². The van der Waals surface area contributed by atoms with Gasteiger partial charge in [-0.3, -0.25) is 0 Å². The molecule has 538 valence electrons. The summed E-state index contributed by atoms with van der Waals surface area (Å²) >= 11 is 0. The lowest BCUT2D eigenvalue weighted by Crippen LogP contribution is -1.91. The monoisotopic (exact) mass is 1440 g/mol. The van der Waals surface area contributed by atoms with Crippen molar-refractivity contribution in [1.82, 2.24) is 0 Å². The first-order valence-electron chi connectivity index (χ1n) is 33.0. The molecule has 0 heterocycles. The lowest BCUT2D eigenvalue weighted by Gasteiger charge is -2.19. The van der Waals surface area contributed by atoms with E-state index in [9.17, 15) is 91.9 Å². The fraction of sp³-hybridized carbons (Fsp3) is 0. The second-order valence-electron chi connectivity index (χ2n) is 24.5. The van der Waals surface area contributed by atoms with Gasteiger partial charge < -0.3 is 102 Å². The molecule has 0 amide bonds. The summed E-state index contributed by atoms with van der Waals surface area (Å²) in [6, 6.07) is 76.6. The van der Waals surface area contributed by atoms with Gasteiger partial charge in [0.15, 0.2) is 115 Å². The van der Waals surface area contributed by atoms with Crippen LogP contribution in [0.5, 0.6) is 115 Å². The Morgan fingerprint density at radius 2 is 0.361 bits per heavy atom. The number of para-hydroxylation sites is 6. The lowest BCUT2D eigenvalue weighted by atomic mass is 9.85. The topological polar surface area (TPSA) is 405 Å². The van der Waals surface area contributed by atoms with Gasteiger partial charge in [0.2, 0.25) is 0 Å². The third-order valence-electron chi connectivity index (χ3n) is 17.9. The molecule has 16 aromatic carbocycles. The molecule has 0 saturated heterocycles. The van der Waals surface area contributed by atoms with E-state index in [1.54, 1.807) is 109 Å². The van der Waals surface area contributed by atoms with Gasteiger partial charge in [0.25, 0.3) is 0 Å². The zero-order valence-corrected chi connectivity index (χ0v) is 56.5. The van der Waals surface area contributed by atoms with Crippen LogP contribution >= 0.6 is 0 Å². The van der Waals surface area contributed by atoms with Gasteiger partial charge in [0.1, 0.15) is 0 Å². The Hall–Kier alpha value is -15.4. The smallest absolute Gasteiger partial charge is 0.166 e. The maximum absolute atomic E-state index is 10.6. The van der Waals surface area contributed by atoms with Crippen molar-refractivity contribution in [2.24, 2.45) is 0 Å². The summed E-state index contributed by atoms with van der Waals surface area (Å²) in [6.45, 7) is 0. The van der Waals surface area contributed by atoms with Crippen molar-refractivity contribution in [2.45, 2.75) is 0 Å². The summed E-state index contributed by atoms with van der Waals surface area (Å²) in [5, 5.41) is 203. The van der Waals surface area contributed by atoms with Gasteiger partial charge in [-0.25, -0.2) is 0 Å². The van der Waals surface area contributed by atoms with Crippen molar-refractivity contribution < 1.29 is 102 Å². The molecule has 16 aromatic rings. The summed E-state index contributed by atoms with van der Waals surface area (Å²) in [5.74, 6) is -4.93. The molecule has 0 aromatic heterocycles. The molecule has 16 rings (SSSR count). The molecule has 0 unspecified atom stereocenters. The van der Waals surface area contributed by atoms with E-state index >= 15 is 0 Å². The van der Waals surface area contributed by atoms with Crippen LogP contribution < -0.4 is 0 Å². The number of aromatic hydroxyl groups is 20. The van der Waals surface area contributed by atoms with Crippen LogP contribution in [0.25, 0.3) is 121 Å². The molecule has 0 atom stereocenters. The molecular formula is C88H66O20. The molecule has 0 bridgehead atoms. The second kappa shape index (κ2) is 30.6. The summed E-state index contributed by atoms with van der Waals surface area (Å²) in [6.07, 6.45) is 0. The van der Waals surface area contributed by atoms with Crippen LogP contribution in [0, 0.1) is 0 Å². The van der Waals surface area contributed by atoms with Gasteiger partial charge in [-0.15, -0.1) is 0 Å². The first-order chi connectivity index (χ1) is 51.9. The summed E-state index contributed by atoms with van der Waals surface area (Å²) in [7, 11) is 0. The van der Waals surface area contributed by atoms with E-state index in [1.165, 1.54) is 97.1 Å². The largest absolute Gasteiger partial charge is 0.504 e. The van der Waals surface area contributed by atoms with E-state index in [4.69, 9.17) is 10.2 Å². The Morgan fingerprint density at radius 3 is 0.648 bits per heavy atom. The number of benzene rings is 16. The standard InChI is InChI=1S/C26H18O4.C20H14O4.C18H14O4.2C12H10O4/c27-21-13-5-11-19(25(21)29)23-15-7-1-2-8-16(15)24(18-10-4-3-9-17(18)23)20-12-6-14-22(28)26(20)30;21-15-9-11-5-1-3-7-13(11)17(19(15)23)18-14-8-4-2-6-12(14)10-16(22)20(18)24;19-15-9-3-7-13(17(15)21)11-5-1-2-6-12(11)14-8-4-10-16(20)18(14)22;13-9-3-1-7(5-11(9)15)8-2-4-10(14)12(16)6-8;13-9-5-1-3-7(11(9)15)8-4-2-6-10(14)12(8)16/h1-14,27-30H;1-10,21-24H;1-10,19-22H;2*1-6,13-16H. The second-order valence-corrected chi connectivity index (χ2v) is 24.5. The first-order valence-corrected chi connectivity index (χ1v) is 33.0. The first kappa shape index (κ1) is 72.4. The zero-order chi connectivity index (χ0) is 76.8. The zero-order valence-electron chi connectivity index (χ0n) is 56.5. The third kappa shape index (κ3) is 14.3. The van der Waals surface area contributed by atoms with Crippen LogP contribution in [0.4, 0.5) is 0 Å². The fourth-order valence-corrected chi connectivity index (χ4v) is 12.7. The molecular weight excluding hydrogens is 1380 g/mol. The summed E-state index contributed by atoms with van der Waals surface area (Å²) in [4.78, 5) is 0. The average molecular weight is 1440 g/mol. The van der Waals surface area contributed by atoms with Gasteiger partial charge in [-0.2, -0.15) is 0 Å². The quantitative estimate of drug-likeness (QED) is 0.0520. The van der Waals surface area contributed by atoms with Crippen molar-refractivity contribution in [1.29, 1.82) is 0 Å². The SMILES string of the molecule is Oc1cc2ccccc2c(-c2c(O)c(O)cc3ccccc23)c1O.Oc1ccc(-c2ccc(O)c(O)c2)cc1O.Oc1cccc(-c2c3ccccc3c(-c3cccc(O)c3O)c3ccccc23)c1O.Oc1cccc(-c2cccc(O)c2O)c1O.Oc1cccc(-c2ccccc2-c2cccc(O)c2O)c1O. The highest BCUT2D eigenvalue weighted by atomic mass is 16.3. The summed E-state index contributed by atoms with van der Waals surface area (Å²) in [5.41, 5.74) is 7.13. The van der Waals surface area contributed by atoms with Crippen molar-refractivity contribution in [3.63, 3.8) is 0 Å². The average Bonchev–Trinajstić information content (AvgIpc) is 0.735. The Bertz CT molecular complexity index is 5690. The molecule has 0 aliphatic carbocycles. The predicted molar refractivity (Wildman–Crippen MR) is 414 cm³/mol. The molecule has 0 saturated carbocycles. The van der Waals surface area contributed by atoms with Crippen LogP contribution in [0.15, 0.2) is 279 Å². The highest BCUT2D eigenvalue weighted by Gasteiger charge is 2.25. The molecule has 0 fully saturated rings. The molecule has 0 aliphatic rings. The number of hydrogen-bond acceptors (Lipinski definition) is 20. The van der Waals surface area contributed by atoms with Gasteiger partial charge in [0.05, 0.1) is 0 Å². The lowest BCUT2D eigenvalue weighted by molar-refractivity contribution is 0.400. The molecule has 0 radical (unpaired) electrons. The van der Waals surface area contributed by atoms with Crippen LogP contribution in [0.1, 0.15) is 0 Å². The Kier molecular flexibility index (Phi) is 20.5. The molecule has 0 aliphatic heterocycles. The molecule has 0 spiro atoms. The number of fused-ring (bicyclic) bond motifs is 4. The van der Waals surface area contributed by atoms with Crippen LogP contribution in [-0.2, 0) is 0 Å². The van der Waals surface area contributed by atoms with E-state index in [2.05, 4.69) is 0 Å². The van der Waals surface area contributed by atoms with Gasteiger partial charge in [-0.05, 0) is 138 Å². The maximum Gasteiger partial charge on any atom is 0.166 e. The van der Waals surface area contributed by atoms with Crippen LogP contribution in [0.2, 0.25) is 0 Å². The highest BCUT2D eigenvalue weighted by Crippen LogP contribution is 2.53.